The van der Waals surface area contributed by atoms with Gasteiger partial charge in [-0.25, -0.2) is 4.98 Å². The maximum absolute atomic E-state index is 12.0. The number of thiazole rings is 1. The van der Waals surface area contributed by atoms with Crippen molar-refractivity contribution < 1.29 is 14.3 Å². The number of carbonyl (C=O) groups is 1. The van der Waals surface area contributed by atoms with E-state index >= 15 is 0 Å². The first kappa shape index (κ1) is 16.2. The molecule has 124 valence electrons. The fourth-order valence-corrected chi connectivity index (χ4v) is 3.84. The second kappa shape index (κ2) is 7.75. The van der Waals surface area contributed by atoms with Gasteiger partial charge in [0.1, 0.15) is 11.3 Å². The minimum atomic E-state index is -0.434. The van der Waals surface area contributed by atoms with Gasteiger partial charge in [0.05, 0.1) is 24.5 Å². The summed E-state index contributed by atoms with van der Waals surface area (Å²) < 4.78 is 5.04. The number of hydrogen-bond acceptors (Lipinski definition) is 5. The molecule has 2 N–H and O–H groups in total. The van der Waals surface area contributed by atoms with Crippen LogP contribution in [0, 0.1) is 5.92 Å². The van der Waals surface area contributed by atoms with Gasteiger partial charge in [-0.15, -0.1) is 11.3 Å². The Kier molecular flexibility index (Phi) is 5.46. The first-order valence-corrected chi connectivity index (χ1v) is 9.02. The van der Waals surface area contributed by atoms with E-state index in [2.05, 4.69) is 10.3 Å². The number of aliphatic hydroxyl groups excluding tert-OH is 1. The monoisotopic (exact) mass is 334 g/mol. The summed E-state index contributed by atoms with van der Waals surface area (Å²) in [6.07, 6.45) is 8.82. The van der Waals surface area contributed by atoms with Crippen molar-refractivity contribution in [2.75, 3.05) is 6.54 Å². The predicted molar refractivity (Wildman–Crippen MR) is 89.1 cm³/mol. The van der Waals surface area contributed by atoms with Gasteiger partial charge in [-0.05, 0) is 24.8 Å². The zero-order valence-electron chi connectivity index (χ0n) is 13.0. The molecule has 0 bridgehead atoms. The minimum absolute atomic E-state index is 0.0936. The highest BCUT2D eigenvalue weighted by atomic mass is 32.1. The minimum Gasteiger partial charge on any atom is -0.472 e. The van der Waals surface area contributed by atoms with Crippen LogP contribution in [-0.4, -0.2) is 28.6 Å². The summed E-state index contributed by atoms with van der Waals surface area (Å²) in [5, 5.41) is 15.7. The lowest BCUT2D eigenvalue weighted by atomic mass is 9.85. The maximum atomic E-state index is 12.0. The SMILES string of the molecule is O=C(Cc1csc(-c2ccoc2)n1)NC[C@H](O)C1CCCCC1. The van der Waals surface area contributed by atoms with Gasteiger partial charge in [0.2, 0.25) is 5.91 Å². The highest BCUT2D eigenvalue weighted by Gasteiger charge is 2.22. The standard InChI is InChI=1S/C17H22N2O3S/c20-15(12-4-2-1-3-5-12)9-18-16(21)8-14-11-23-17(19-14)13-6-7-22-10-13/h6-7,10-12,15,20H,1-5,8-9H2,(H,18,21)/t15-/m0/s1. The van der Waals surface area contributed by atoms with Crippen LogP contribution in [0.2, 0.25) is 0 Å². The molecule has 1 aliphatic rings. The lowest BCUT2D eigenvalue weighted by molar-refractivity contribution is -0.121. The third-order valence-electron chi connectivity index (χ3n) is 4.36. The van der Waals surface area contributed by atoms with Gasteiger partial charge in [-0.1, -0.05) is 19.3 Å². The fraction of sp³-hybridized carbons (Fsp3) is 0.529. The second-order valence-electron chi connectivity index (χ2n) is 6.10. The van der Waals surface area contributed by atoms with E-state index in [4.69, 9.17) is 4.42 Å². The fourth-order valence-electron chi connectivity index (χ4n) is 3.04. The Bertz CT molecular complexity index is 618. The van der Waals surface area contributed by atoms with Gasteiger partial charge in [-0.3, -0.25) is 4.79 Å². The number of aromatic nitrogens is 1. The molecule has 1 amide bonds. The van der Waals surface area contributed by atoms with E-state index in [0.717, 1.165) is 29.1 Å². The lowest BCUT2D eigenvalue weighted by Gasteiger charge is -2.26. The van der Waals surface area contributed by atoms with Crippen LogP contribution < -0.4 is 5.32 Å². The predicted octanol–water partition coefficient (Wildman–Crippen LogP) is 3.00. The normalized spacial score (nSPS) is 17.1. The topological polar surface area (TPSA) is 75.4 Å². The van der Waals surface area contributed by atoms with Crippen molar-refractivity contribution in [1.29, 1.82) is 0 Å². The molecule has 0 unspecified atom stereocenters. The Labute approximate surface area is 139 Å². The van der Waals surface area contributed by atoms with Crippen molar-refractivity contribution in [1.82, 2.24) is 10.3 Å². The molecule has 3 rings (SSSR count). The quantitative estimate of drug-likeness (QED) is 0.851. The third kappa shape index (κ3) is 4.42. The van der Waals surface area contributed by atoms with Crippen LogP contribution in [0.4, 0.5) is 0 Å². The van der Waals surface area contributed by atoms with Crippen LogP contribution in [0.1, 0.15) is 37.8 Å². The second-order valence-corrected chi connectivity index (χ2v) is 6.96. The van der Waals surface area contributed by atoms with E-state index in [-0.39, 0.29) is 12.3 Å². The molecule has 6 heteroatoms. The van der Waals surface area contributed by atoms with Crippen LogP contribution in [0.25, 0.3) is 10.6 Å². The van der Waals surface area contributed by atoms with E-state index in [9.17, 15) is 9.90 Å². The van der Waals surface area contributed by atoms with Crippen LogP contribution >= 0.6 is 11.3 Å². The molecular formula is C17H22N2O3S. The number of amides is 1. The Morgan fingerprint density at radius 2 is 2.26 bits per heavy atom. The summed E-state index contributed by atoms with van der Waals surface area (Å²) in [5.74, 6) is 0.236. The molecule has 1 aliphatic carbocycles. The van der Waals surface area contributed by atoms with E-state index < -0.39 is 6.10 Å². The highest BCUT2D eigenvalue weighted by Crippen LogP contribution is 2.26. The number of carbonyl (C=O) groups excluding carboxylic acids is 1. The van der Waals surface area contributed by atoms with Crippen molar-refractivity contribution in [2.45, 2.75) is 44.6 Å². The Hall–Kier alpha value is -1.66. The zero-order chi connectivity index (χ0) is 16.1. The van der Waals surface area contributed by atoms with E-state index in [0.29, 0.717) is 12.5 Å². The molecule has 2 aromatic rings. The van der Waals surface area contributed by atoms with E-state index in [1.54, 1.807) is 12.5 Å². The van der Waals surface area contributed by atoms with Gasteiger partial charge in [0, 0.05) is 17.5 Å². The molecule has 0 radical (unpaired) electrons. The summed E-state index contributed by atoms with van der Waals surface area (Å²) in [6.45, 7) is 0.336. The molecule has 0 saturated heterocycles. The van der Waals surface area contributed by atoms with Gasteiger partial charge >= 0.3 is 0 Å². The highest BCUT2D eigenvalue weighted by molar-refractivity contribution is 7.13. The van der Waals surface area contributed by atoms with E-state index in [1.165, 1.54) is 30.6 Å². The van der Waals surface area contributed by atoms with Crippen molar-refractivity contribution in [3.05, 3.63) is 29.7 Å². The largest absolute Gasteiger partial charge is 0.472 e. The first-order chi connectivity index (χ1) is 11.2. The Morgan fingerprint density at radius 3 is 3.00 bits per heavy atom. The molecule has 0 spiro atoms. The first-order valence-electron chi connectivity index (χ1n) is 8.14. The molecule has 1 fully saturated rings. The molecule has 5 nitrogen and oxygen atoms in total. The lowest BCUT2D eigenvalue weighted by Crippen LogP contribution is -2.37. The molecule has 0 aromatic carbocycles. The Morgan fingerprint density at radius 1 is 1.43 bits per heavy atom. The molecule has 1 atom stereocenters. The van der Waals surface area contributed by atoms with Crippen LogP contribution in [-0.2, 0) is 11.2 Å². The Balaban J connectivity index is 1.46. The van der Waals surface area contributed by atoms with Crippen LogP contribution in [0.5, 0.6) is 0 Å². The summed E-state index contributed by atoms with van der Waals surface area (Å²) in [7, 11) is 0. The summed E-state index contributed by atoms with van der Waals surface area (Å²) >= 11 is 1.50. The van der Waals surface area contributed by atoms with E-state index in [1.807, 2.05) is 11.4 Å². The molecule has 23 heavy (non-hydrogen) atoms. The molecule has 2 aromatic heterocycles. The van der Waals surface area contributed by atoms with Gasteiger partial charge in [0.25, 0.3) is 0 Å². The maximum Gasteiger partial charge on any atom is 0.226 e. The van der Waals surface area contributed by atoms with Crippen LogP contribution in [0.3, 0.4) is 0 Å². The van der Waals surface area contributed by atoms with Crippen molar-refractivity contribution in [3.8, 4) is 10.6 Å². The average molecular weight is 334 g/mol. The zero-order valence-corrected chi connectivity index (χ0v) is 13.8. The van der Waals surface area contributed by atoms with Crippen molar-refractivity contribution in [2.24, 2.45) is 5.92 Å². The summed E-state index contributed by atoms with van der Waals surface area (Å²) in [5.41, 5.74) is 1.67. The number of rotatable bonds is 6. The van der Waals surface area contributed by atoms with Crippen LogP contribution in [0.15, 0.2) is 28.4 Å². The smallest absolute Gasteiger partial charge is 0.226 e. The number of nitrogens with zero attached hydrogens (tertiary/aromatic N) is 1. The summed E-state index contributed by atoms with van der Waals surface area (Å²) in [6, 6.07) is 1.85. The summed E-state index contributed by atoms with van der Waals surface area (Å²) in [4.78, 5) is 16.5. The average Bonchev–Trinajstić information content (AvgIpc) is 3.24. The van der Waals surface area contributed by atoms with Crippen molar-refractivity contribution in [3.63, 3.8) is 0 Å². The third-order valence-corrected chi connectivity index (χ3v) is 5.30. The van der Waals surface area contributed by atoms with Crippen molar-refractivity contribution >= 4 is 17.2 Å². The van der Waals surface area contributed by atoms with Gasteiger partial charge in [-0.2, -0.15) is 0 Å². The molecule has 2 heterocycles. The number of aliphatic hydroxyl groups is 1. The molecular weight excluding hydrogens is 312 g/mol. The van der Waals surface area contributed by atoms with Gasteiger partial charge < -0.3 is 14.8 Å². The van der Waals surface area contributed by atoms with Gasteiger partial charge in [0.15, 0.2) is 0 Å². The molecule has 0 aliphatic heterocycles. The number of nitrogens with one attached hydrogen (secondary N) is 1. The number of hydrogen-bond donors (Lipinski definition) is 2. The molecule has 1 saturated carbocycles. The number of furan rings is 1.